The summed E-state index contributed by atoms with van der Waals surface area (Å²) in [7, 11) is 0. The molecule has 0 aliphatic heterocycles. The van der Waals surface area contributed by atoms with Crippen molar-refractivity contribution in [3.8, 4) is 17.2 Å². The van der Waals surface area contributed by atoms with Crippen LogP contribution >= 0.6 is 0 Å². The summed E-state index contributed by atoms with van der Waals surface area (Å²) in [6.45, 7) is 0. The number of nitrogens with zero attached hydrogens (tertiary/aromatic N) is 3. The summed E-state index contributed by atoms with van der Waals surface area (Å²) < 4.78 is 26.1. The molecule has 0 fully saturated rings. The Hall–Kier alpha value is -2.81. The fourth-order valence-corrected chi connectivity index (χ4v) is 2.08. The van der Waals surface area contributed by atoms with Gasteiger partial charge in [0.25, 0.3) is 6.43 Å². The predicted molar refractivity (Wildman–Crippen MR) is 69.0 cm³/mol. The van der Waals surface area contributed by atoms with Gasteiger partial charge in [-0.1, -0.05) is 24.3 Å². The van der Waals surface area contributed by atoms with Crippen molar-refractivity contribution in [2.24, 2.45) is 0 Å². The molecule has 0 amide bonds. The highest BCUT2D eigenvalue weighted by Gasteiger charge is 2.17. The van der Waals surface area contributed by atoms with E-state index in [2.05, 4.69) is 15.0 Å². The second kappa shape index (κ2) is 4.70. The van der Waals surface area contributed by atoms with Gasteiger partial charge in [0.1, 0.15) is 11.6 Å². The molecule has 0 spiro atoms. The molecule has 3 aromatic rings. The van der Waals surface area contributed by atoms with E-state index in [1.165, 1.54) is 12.3 Å². The van der Waals surface area contributed by atoms with Gasteiger partial charge in [0.2, 0.25) is 0 Å². The average molecular weight is 270 g/mol. The summed E-state index contributed by atoms with van der Waals surface area (Å²) >= 11 is 0. The molecule has 0 unspecified atom stereocenters. The van der Waals surface area contributed by atoms with Crippen molar-refractivity contribution in [3.05, 3.63) is 47.9 Å². The van der Waals surface area contributed by atoms with E-state index in [1.54, 1.807) is 24.4 Å². The van der Waals surface area contributed by atoms with Gasteiger partial charge in [0, 0.05) is 17.3 Å². The Labute approximate surface area is 112 Å². The van der Waals surface area contributed by atoms with Crippen LogP contribution in [0.1, 0.15) is 17.7 Å². The van der Waals surface area contributed by atoms with E-state index in [4.69, 9.17) is 5.26 Å². The van der Waals surface area contributed by atoms with Crippen LogP contribution in [0.15, 0.2) is 36.7 Å². The molecule has 2 aromatic heterocycles. The van der Waals surface area contributed by atoms with Crippen molar-refractivity contribution in [1.29, 1.82) is 5.26 Å². The number of nitriles is 1. The number of aromatic nitrogens is 3. The molecule has 0 radical (unpaired) electrons. The molecule has 0 bridgehead atoms. The number of rotatable bonds is 2. The monoisotopic (exact) mass is 270 g/mol. The molecule has 4 nitrogen and oxygen atoms in total. The van der Waals surface area contributed by atoms with Crippen molar-refractivity contribution < 1.29 is 8.78 Å². The van der Waals surface area contributed by atoms with Crippen LogP contribution in [0.2, 0.25) is 0 Å². The van der Waals surface area contributed by atoms with Crippen LogP contribution in [-0.4, -0.2) is 15.0 Å². The molecule has 98 valence electrons. The number of hydrogen-bond acceptors (Lipinski definition) is 3. The molecular formula is C14H8F2N4. The first-order chi connectivity index (χ1) is 9.70. The second-order valence-electron chi connectivity index (χ2n) is 4.15. The molecule has 0 aliphatic rings. The van der Waals surface area contributed by atoms with Gasteiger partial charge in [-0.2, -0.15) is 5.26 Å². The maximum atomic E-state index is 13.1. The van der Waals surface area contributed by atoms with Crippen molar-refractivity contribution >= 4 is 11.2 Å². The Bertz CT molecular complexity index is 817. The van der Waals surface area contributed by atoms with E-state index < -0.39 is 6.43 Å². The minimum Gasteiger partial charge on any atom is -0.344 e. The zero-order chi connectivity index (χ0) is 14.1. The lowest BCUT2D eigenvalue weighted by molar-refractivity contribution is 0.152. The van der Waals surface area contributed by atoms with E-state index in [1.807, 2.05) is 6.07 Å². The van der Waals surface area contributed by atoms with E-state index in [-0.39, 0.29) is 11.3 Å². The summed E-state index contributed by atoms with van der Waals surface area (Å²) in [6.07, 6.45) is 0.331. The standard InChI is InChI=1S/C14H8F2N4/c15-13(16)10-4-2-1-3-9(10)11-7-19-14-12(11)20-8(5-17)6-18-14/h1-4,6-7,13H,(H,18,19). The number of benzene rings is 1. The maximum absolute atomic E-state index is 13.1. The van der Waals surface area contributed by atoms with E-state index >= 15 is 0 Å². The van der Waals surface area contributed by atoms with E-state index in [9.17, 15) is 8.78 Å². The normalized spacial score (nSPS) is 10.9. The van der Waals surface area contributed by atoms with Crippen LogP contribution < -0.4 is 0 Å². The average Bonchev–Trinajstić information content (AvgIpc) is 2.89. The first-order valence-electron chi connectivity index (χ1n) is 5.82. The van der Waals surface area contributed by atoms with Crippen molar-refractivity contribution in [2.75, 3.05) is 0 Å². The lowest BCUT2D eigenvalue weighted by Gasteiger charge is -2.07. The van der Waals surface area contributed by atoms with Crippen molar-refractivity contribution in [1.82, 2.24) is 15.0 Å². The van der Waals surface area contributed by atoms with Gasteiger partial charge in [-0.15, -0.1) is 0 Å². The number of alkyl halides is 2. The Kier molecular flexibility index (Phi) is 2.88. The third-order valence-electron chi connectivity index (χ3n) is 2.98. The second-order valence-corrected chi connectivity index (χ2v) is 4.15. The molecule has 6 heteroatoms. The largest absolute Gasteiger partial charge is 0.344 e. The quantitative estimate of drug-likeness (QED) is 0.775. The number of H-pyrrole nitrogens is 1. The third kappa shape index (κ3) is 1.89. The zero-order valence-corrected chi connectivity index (χ0v) is 10.1. The predicted octanol–water partition coefficient (Wildman–Crippen LogP) is 3.43. The fraction of sp³-hybridized carbons (Fsp3) is 0.0714. The van der Waals surface area contributed by atoms with Crippen molar-refractivity contribution in [3.63, 3.8) is 0 Å². The Morgan fingerprint density at radius 3 is 2.75 bits per heavy atom. The minimum atomic E-state index is -2.58. The molecule has 0 atom stereocenters. The molecule has 1 aromatic carbocycles. The molecule has 20 heavy (non-hydrogen) atoms. The molecular weight excluding hydrogens is 262 g/mol. The van der Waals surface area contributed by atoms with E-state index in [0.717, 1.165) is 0 Å². The van der Waals surface area contributed by atoms with Crippen LogP contribution in [0.5, 0.6) is 0 Å². The Morgan fingerprint density at radius 2 is 2.00 bits per heavy atom. The van der Waals surface area contributed by atoms with E-state index in [0.29, 0.717) is 22.3 Å². The minimum absolute atomic E-state index is 0.0717. The molecule has 0 aliphatic carbocycles. The van der Waals surface area contributed by atoms with Crippen LogP contribution in [0.4, 0.5) is 8.78 Å². The molecule has 0 saturated heterocycles. The summed E-state index contributed by atoms with van der Waals surface area (Å²) in [4.78, 5) is 11.1. The number of aromatic amines is 1. The van der Waals surface area contributed by atoms with Gasteiger partial charge in [-0.05, 0) is 5.56 Å². The first-order valence-corrected chi connectivity index (χ1v) is 5.82. The lowest BCUT2D eigenvalue weighted by atomic mass is 10.0. The van der Waals surface area contributed by atoms with Crippen LogP contribution in [0, 0.1) is 11.3 Å². The summed E-state index contributed by atoms with van der Waals surface area (Å²) in [5.74, 6) is 0. The lowest BCUT2D eigenvalue weighted by Crippen LogP contribution is -1.91. The number of halogens is 2. The summed E-state index contributed by atoms with van der Waals surface area (Å²) in [5, 5.41) is 8.86. The molecule has 1 N–H and O–H groups in total. The van der Waals surface area contributed by atoms with Gasteiger partial charge in [-0.3, -0.25) is 0 Å². The van der Waals surface area contributed by atoms with Crippen molar-refractivity contribution in [2.45, 2.75) is 6.43 Å². The topological polar surface area (TPSA) is 65.4 Å². The Morgan fingerprint density at radius 1 is 1.20 bits per heavy atom. The highest BCUT2D eigenvalue weighted by Crippen LogP contribution is 2.34. The van der Waals surface area contributed by atoms with Gasteiger partial charge in [0.15, 0.2) is 11.3 Å². The third-order valence-corrected chi connectivity index (χ3v) is 2.98. The van der Waals surface area contributed by atoms with Crippen LogP contribution in [0.3, 0.4) is 0 Å². The summed E-state index contributed by atoms with van der Waals surface area (Å²) in [5.41, 5.74) is 1.85. The van der Waals surface area contributed by atoms with Gasteiger partial charge in [-0.25, -0.2) is 18.7 Å². The first kappa shape index (κ1) is 12.2. The highest BCUT2D eigenvalue weighted by atomic mass is 19.3. The van der Waals surface area contributed by atoms with Gasteiger partial charge < -0.3 is 4.98 Å². The molecule has 3 rings (SSSR count). The molecule has 2 heterocycles. The fourth-order valence-electron chi connectivity index (χ4n) is 2.08. The maximum Gasteiger partial charge on any atom is 0.264 e. The number of nitrogens with one attached hydrogen (secondary N) is 1. The number of fused-ring (bicyclic) bond motifs is 1. The van der Waals surface area contributed by atoms with Crippen LogP contribution in [-0.2, 0) is 0 Å². The van der Waals surface area contributed by atoms with Gasteiger partial charge in [0.05, 0.1) is 6.20 Å². The molecule has 0 saturated carbocycles. The zero-order valence-electron chi connectivity index (χ0n) is 10.1. The highest BCUT2D eigenvalue weighted by molar-refractivity contribution is 5.91. The summed E-state index contributed by atoms with van der Waals surface area (Å²) in [6, 6.07) is 8.11. The van der Waals surface area contributed by atoms with Gasteiger partial charge >= 0.3 is 0 Å². The smallest absolute Gasteiger partial charge is 0.264 e. The Balaban J connectivity index is 2.28. The van der Waals surface area contributed by atoms with Crippen LogP contribution in [0.25, 0.3) is 22.3 Å². The number of hydrogen-bond donors (Lipinski definition) is 1. The SMILES string of the molecule is N#Cc1cnc2[nH]cc(-c3ccccc3C(F)F)c2n1.